The zero-order valence-electron chi connectivity index (χ0n) is 9.53. The average Bonchev–Trinajstić information content (AvgIpc) is 2.23. The second-order valence-corrected chi connectivity index (χ2v) is 4.57. The van der Waals surface area contributed by atoms with Gasteiger partial charge in [-0.15, -0.1) is 0 Å². The molecule has 0 radical (unpaired) electrons. The first kappa shape index (κ1) is 11.8. The molecule has 6 heteroatoms. The fourth-order valence-electron chi connectivity index (χ4n) is 1.61. The van der Waals surface area contributed by atoms with E-state index in [4.69, 9.17) is 11.5 Å². The molecule has 0 bridgehead atoms. The summed E-state index contributed by atoms with van der Waals surface area (Å²) in [6.45, 7) is 3.89. The lowest BCUT2D eigenvalue weighted by molar-refractivity contribution is 1.11. The van der Waals surface area contributed by atoms with Gasteiger partial charge in [0.1, 0.15) is 0 Å². The number of hydrogen-bond acceptors (Lipinski definition) is 3. The maximum atomic E-state index is 5.33. The highest BCUT2D eigenvalue weighted by molar-refractivity contribution is 9.10. The summed E-state index contributed by atoms with van der Waals surface area (Å²) in [6, 6.07) is 3.95. The molecule has 0 unspecified atom stereocenters. The number of rotatable bonds is 1. The van der Waals surface area contributed by atoms with Crippen LogP contribution in [0.2, 0.25) is 0 Å². The molecule has 17 heavy (non-hydrogen) atoms. The van der Waals surface area contributed by atoms with Gasteiger partial charge in [-0.25, -0.2) is 9.97 Å². The number of nitrogens with two attached hydrogens (primary N) is 2. The minimum absolute atomic E-state index is 0.0450. The zero-order chi connectivity index (χ0) is 12.6. The Hall–Kier alpha value is -1.69. The van der Waals surface area contributed by atoms with Crippen LogP contribution in [0.5, 0.6) is 0 Å². The molecule has 0 atom stereocenters. The summed E-state index contributed by atoms with van der Waals surface area (Å²) in [5.41, 5.74) is 13.4. The third-order valence-electron chi connectivity index (χ3n) is 2.46. The van der Waals surface area contributed by atoms with E-state index in [1.54, 1.807) is 0 Å². The lowest BCUT2D eigenvalue weighted by atomic mass is 10.1. The van der Waals surface area contributed by atoms with Crippen LogP contribution in [0.15, 0.2) is 21.6 Å². The van der Waals surface area contributed by atoms with Gasteiger partial charge in [0.2, 0.25) is 0 Å². The maximum Gasteiger partial charge on any atom is 0.253 e. The number of guanidine groups is 1. The molecule has 0 fully saturated rings. The first-order valence-electron chi connectivity index (χ1n) is 5.02. The van der Waals surface area contributed by atoms with E-state index in [9.17, 15) is 0 Å². The molecule has 0 saturated carbocycles. The number of nitrogens with zero attached hydrogens (tertiary/aromatic N) is 3. The van der Waals surface area contributed by atoms with Gasteiger partial charge < -0.3 is 11.5 Å². The van der Waals surface area contributed by atoms with Gasteiger partial charge in [-0.1, -0.05) is 15.9 Å². The molecule has 2 aromatic rings. The predicted octanol–water partition coefficient (Wildman–Crippen LogP) is 1.91. The second-order valence-electron chi connectivity index (χ2n) is 3.71. The number of aromatic nitrogens is 2. The predicted molar refractivity (Wildman–Crippen MR) is 72.2 cm³/mol. The monoisotopic (exact) mass is 293 g/mol. The van der Waals surface area contributed by atoms with E-state index >= 15 is 0 Å². The highest BCUT2D eigenvalue weighted by Gasteiger charge is 2.08. The largest absolute Gasteiger partial charge is 0.370 e. The highest BCUT2D eigenvalue weighted by Crippen LogP contribution is 2.27. The van der Waals surface area contributed by atoms with Gasteiger partial charge in [0, 0.05) is 9.86 Å². The van der Waals surface area contributed by atoms with E-state index in [1.807, 2.05) is 26.0 Å². The van der Waals surface area contributed by atoms with Crippen molar-refractivity contribution in [3.63, 3.8) is 0 Å². The Kier molecular flexibility index (Phi) is 2.97. The fourth-order valence-corrected chi connectivity index (χ4v) is 1.93. The van der Waals surface area contributed by atoms with E-state index in [1.165, 1.54) is 0 Å². The van der Waals surface area contributed by atoms with E-state index in [2.05, 4.69) is 30.9 Å². The van der Waals surface area contributed by atoms with Crippen molar-refractivity contribution in [2.24, 2.45) is 16.5 Å². The van der Waals surface area contributed by atoms with Gasteiger partial charge in [0.25, 0.3) is 5.95 Å². The third kappa shape index (κ3) is 2.21. The minimum atomic E-state index is -0.0450. The van der Waals surface area contributed by atoms with Crippen LogP contribution in [0.25, 0.3) is 10.9 Å². The summed E-state index contributed by atoms with van der Waals surface area (Å²) in [5, 5.41) is 1.00. The lowest BCUT2D eigenvalue weighted by Crippen LogP contribution is -2.22. The number of fused-ring (bicyclic) bond motifs is 1. The van der Waals surface area contributed by atoms with Crippen LogP contribution in [-0.4, -0.2) is 15.9 Å². The van der Waals surface area contributed by atoms with Crippen LogP contribution in [0.1, 0.15) is 11.3 Å². The van der Waals surface area contributed by atoms with Crippen LogP contribution >= 0.6 is 15.9 Å². The molecule has 1 aromatic heterocycles. The van der Waals surface area contributed by atoms with E-state index in [-0.39, 0.29) is 11.9 Å². The number of aryl methyl sites for hydroxylation is 2. The summed E-state index contributed by atoms with van der Waals surface area (Å²) in [5.74, 6) is 0.243. The first-order valence-corrected chi connectivity index (χ1v) is 5.81. The number of hydrogen-bond donors (Lipinski definition) is 2. The van der Waals surface area contributed by atoms with E-state index in [0.29, 0.717) is 0 Å². The minimum Gasteiger partial charge on any atom is -0.370 e. The van der Waals surface area contributed by atoms with Crippen LogP contribution in [0.4, 0.5) is 5.95 Å². The molecule has 88 valence electrons. The molecule has 1 aromatic carbocycles. The topological polar surface area (TPSA) is 90.2 Å². The van der Waals surface area contributed by atoms with Crippen molar-refractivity contribution in [1.29, 1.82) is 0 Å². The van der Waals surface area contributed by atoms with Crippen LogP contribution < -0.4 is 11.5 Å². The molecule has 1 heterocycles. The quantitative estimate of drug-likeness (QED) is 0.621. The Bertz CT molecular complexity index is 617. The average molecular weight is 294 g/mol. The molecule has 2 rings (SSSR count). The van der Waals surface area contributed by atoms with Gasteiger partial charge in [0.05, 0.1) is 11.2 Å². The third-order valence-corrected chi connectivity index (χ3v) is 3.32. The zero-order valence-corrected chi connectivity index (χ0v) is 11.1. The summed E-state index contributed by atoms with van der Waals surface area (Å²) >= 11 is 3.47. The summed E-state index contributed by atoms with van der Waals surface area (Å²) in [6.07, 6.45) is 0. The molecule has 0 saturated heterocycles. The molecule has 0 aliphatic carbocycles. The maximum absolute atomic E-state index is 5.33. The molecule has 4 N–H and O–H groups in total. The smallest absolute Gasteiger partial charge is 0.253 e. The summed E-state index contributed by atoms with van der Waals surface area (Å²) in [4.78, 5) is 12.5. The van der Waals surface area contributed by atoms with Crippen molar-refractivity contribution in [1.82, 2.24) is 9.97 Å². The Morgan fingerprint density at radius 3 is 2.59 bits per heavy atom. The van der Waals surface area contributed by atoms with Crippen molar-refractivity contribution in [3.05, 3.63) is 27.9 Å². The van der Waals surface area contributed by atoms with Gasteiger partial charge in [0.15, 0.2) is 5.96 Å². The van der Waals surface area contributed by atoms with Crippen LogP contribution in [0, 0.1) is 13.8 Å². The Morgan fingerprint density at radius 1 is 1.24 bits per heavy atom. The van der Waals surface area contributed by atoms with Gasteiger partial charge in [-0.2, -0.15) is 4.99 Å². The molecular weight excluding hydrogens is 282 g/mol. The highest BCUT2D eigenvalue weighted by atomic mass is 79.9. The van der Waals surface area contributed by atoms with Crippen LogP contribution in [-0.2, 0) is 0 Å². The van der Waals surface area contributed by atoms with E-state index < -0.39 is 0 Å². The van der Waals surface area contributed by atoms with Gasteiger partial charge >= 0.3 is 0 Å². The molecule has 0 aliphatic rings. The van der Waals surface area contributed by atoms with Crippen molar-refractivity contribution >= 4 is 38.7 Å². The summed E-state index contributed by atoms with van der Waals surface area (Å²) in [7, 11) is 0. The standard InChI is InChI=1S/C11H12BrN5/c1-5-8(12)4-3-7-6(2)15-11(16-9(5)7)17-10(13)14/h3-4H,1-2H3,(H4,13,14,15,16,17). The van der Waals surface area contributed by atoms with Crippen molar-refractivity contribution in [3.8, 4) is 0 Å². The molecule has 0 amide bonds. The molecular formula is C11H12BrN5. The fraction of sp³-hybridized carbons (Fsp3) is 0.182. The number of benzene rings is 1. The second kappa shape index (κ2) is 4.29. The number of aliphatic imine (C=N–C) groups is 1. The van der Waals surface area contributed by atoms with Crippen molar-refractivity contribution in [2.75, 3.05) is 0 Å². The van der Waals surface area contributed by atoms with E-state index in [0.717, 1.165) is 26.6 Å². The molecule has 5 nitrogen and oxygen atoms in total. The molecule has 0 aliphatic heterocycles. The molecule has 0 spiro atoms. The van der Waals surface area contributed by atoms with Crippen molar-refractivity contribution < 1.29 is 0 Å². The van der Waals surface area contributed by atoms with Crippen molar-refractivity contribution in [2.45, 2.75) is 13.8 Å². The lowest BCUT2D eigenvalue weighted by Gasteiger charge is -2.06. The SMILES string of the molecule is Cc1nc(N=C(N)N)nc2c(C)c(Br)ccc12. The Labute approximate surface area is 107 Å². The normalized spacial score (nSPS) is 10.5. The van der Waals surface area contributed by atoms with Crippen LogP contribution in [0.3, 0.4) is 0 Å². The number of halogens is 1. The van der Waals surface area contributed by atoms with Gasteiger partial charge in [-0.3, -0.25) is 0 Å². The Balaban J connectivity index is 2.79. The Morgan fingerprint density at radius 2 is 1.94 bits per heavy atom. The van der Waals surface area contributed by atoms with Gasteiger partial charge in [-0.05, 0) is 31.5 Å². The summed E-state index contributed by atoms with van der Waals surface area (Å²) < 4.78 is 0.999. The first-order chi connectivity index (χ1) is 7.99.